The summed E-state index contributed by atoms with van der Waals surface area (Å²) in [6.07, 6.45) is 0.482. The Bertz CT molecular complexity index is 462. The highest BCUT2D eigenvalue weighted by molar-refractivity contribution is 9.10. The highest BCUT2D eigenvalue weighted by atomic mass is 79.9. The summed E-state index contributed by atoms with van der Waals surface area (Å²) in [5.74, 6) is 0.145. The average molecular weight is 313 g/mol. The van der Waals surface area contributed by atoms with Crippen LogP contribution in [-0.4, -0.2) is 35.1 Å². The van der Waals surface area contributed by atoms with E-state index in [2.05, 4.69) is 15.9 Å². The number of amides is 1. The Hall–Kier alpha value is -1.07. The first-order chi connectivity index (χ1) is 8.49. The van der Waals surface area contributed by atoms with Crippen molar-refractivity contribution >= 4 is 27.5 Å². The van der Waals surface area contributed by atoms with Crippen molar-refractivity contribution in [3.63, 3.8) is 0 Å². The van der Waals surface area contributed by atoms with Gasteiger partial charge < -0.3 is 15.7 Å². The number of carbonyl (C=O) groups is 1. The van der Waals surface area contributed by atoms with Gasteiger partial charge in [0, 0.05) is 29.2 Å². The smallest absolute Gasteiger partial charge is 0.255 e. The molecule has 1 saturated heterocycles. The van der Waals surface area contributed by atoms with E-state index in [9.17, 15) is 9.90 Å². The molecule has 1 amide bonds. The third kappa shape index (κ3) is 2.67. The maximum Gasteiger partial charge on any atom is 0.255 e. The third-order valence-electron chi connectivity index (χ3n) is 3.41. The van der Waals surface area contributed by atoms with E-state index >= 15 is 0 Å². The lowest BCUT2D eigenvalue weighted by Crippen LogP contribution is -2.30. The van der Waals surface area contributed by atoms with Gasteiger partial charge in [0.15, 0.2) is 0 Å². The molecule has 18 heavy (non-hydrogen) atoms. The van der Waals surface area contributed by atoms with Gasteiger partial charge >= 0.3 is 0 Å². The maximum absolute atomic E-state index is 12.3. The fraction of sp³-hybridized carbons (Fsp3) is 0.462. The zero-order valence-corrected chi connectivity index (χ0v) is 11.9. The van der Waals surface area contributed by atoms with Crippen LogP contribution in [0.3, 0.4) is 0 Å². The lowest BCUT2D eigenvalue weighted by atomic mass is 10.0. The number of aliphatic hydroxyl groups excluding tert-OH is 1. The van der Waals surface area contributed by atoms with Crippen molar-refractivity contribution in [2.45, 2.75) is 19.4 Å². The predicted molar refractivity (Wildman–Crippen MR) is 74.2 cm³/mol. The van der Waals surface area contributed by atoms with Gasteiger partial charge in [-0.2, -0.15) is 0 Å². The second kappa shape index (κ2) is 5.28. The number of nitrogen functional groups attached to an aromatic ring is 1. The van der Waals surface area contributed by atoms with E-state index in [0.29, 0.717) is 24.3 Å². The van der Waals surface area contributed by atoms with Crippen LogP contribution in [0.4, 0.5) is 5.69 Å². The molecule has 1 aromatic rings. The molecule has 0 spiro atoms. The first-order valence-electron chi connectivity index (χ1n) is 6.01. The van der Waals surface area contributed by atoms with E-state index in [0.717, 1.165) is 10.9 Å². The quantitative estimate of drug-likeness (QED) is 0.819. The number of aliphatic hydroxyl groups is 1. The van der Waals surface area contributed by atoms with Gasteiger partial charge in [0.1, 0.15) is 0 Å². The zero-order chi connectivity index (χ0) is 13.3. The topological polar surface area (TPSA) is 66.6 Å². The minimum absolute atomic E-state index is 0.0303. The first kappa shape index (κ1) is 13.4. The van der Waals surface area contributed by atoms with E-state index in [-0.39, 0.29) is 17.9 Å². The molecule has 3 N–H and O–H groups in total. The van der Waals surface area contributed by atoms with Gasteiger partial charge in [0.2, 0.25) is 0 Å². The largest absolute Gasteiger partial charge is 0.399 e. The highest BCUT2D eigenvalue weighted by Crippen LogP contribution is 2.25. The van der Waals surface area contributed by atoms with Crippen molar-refractivity contribution in [2.75, 3.05) is 18.8 Å². The summed E-state index contributed by atoms with van der Waals surface area (Å²) < 4.78 is 0.752. The molecule has 98 valence electrons. The predicted octanol–water partition coefficient (Wildman–Crippen LogP) is 1.87. The Kier molecular flexibility index (Phi) is 3.92. The SMILES string of the molecule is CC(O)C1CCN(C(=O)c2cc(N)ccc2Br)C1. The number of nitrogens with zero attached hydrogens (tertiary/aromatic N) is 1. The molecule has 5 heteroatoms. The van der Waals surface area contributed by atoms with Crippen LogP contribution in [-0.2, 0) is 0 Å². The van der Waals surface area contributed by atoms with Gasteiger partial charge in [-0.1, -0.05) is 0 Å². The van der Waals surface area contributed by atoms with Crippen molar-refractivity contribution in [3.05, 3.63) is 28.2 Å². The summed E-state index contributed by atoms with van der Waals surface area (Å²) in [5.41, 5.74) is 6.87. The van der Waals surface area contributed by atoms with Crippen LogP contribution in [0.15, 0.2) is 22.7 Å². The van der Waals surface area contributed by atoms with Crippen molar-refractivity contribution < 1.29 is 9.90 Å². The molecule has 2 rings (SSSR count). The number of rotatable bonds is 2. The minimum atomic E-state index is -0.368. The number of carbonyl (C=O) groups excluding carboxylic acids is 1. The van der Waals surface area contributed by atoms with Crippen LogP contribution >= 0.6 is 15.9 Å². The second-order valence-corrected chi connectivity index (χ2v) is 5.63. The third-order valence-corrected chi connectivity index (χ3v) is 4.11. The van der Waals surface area contributed by atoms with Gasteiger partial charge in [-0.3, -0.25) is 4.79 Å². The minimum Gasteiger partial charge on any atom is -0.399 e. The van der Waals surface area contributed by atoms with Crippen LogP contribution < -0.4 is 5.73 Å². The molecule has 1 aromatic carbocycles. The summed E-state index contributed by atoms with van der Waals surface area (Å²) in [7, 11) is 0. The van der Waals surface area contributed by atoms with Crippen molar-refractivity contribution in [2.24, 2.45) is 5.92 Å². The van der Waals surface area contributed by atoms with Crippen LogP contribution in [0.25, 0.3) is 0 Å². The van der Waals surface area contributed by atoms with E-state index in [1.165, 1.54) is 0 Å². The fourth-order valence-corrected chi connectivity index (χ4v) is 2.66. The molecule has 1 heterocycles. The molecule has 0 aliphatic carbocycles. The first-order valence-corrected chi connectivity index (χ1v) is 6.80. The summed E-state index contributed by atoms with van der Waals surface area (Å²) in [6.45, 7) is 3.07. The molecule has 1 aliphatic rings. The summed E-state index contributed by atoms with van der Waals surface area (Å²) in [5, 5.41) is 9.55. The molecule has 0 radical (unpaired) electrons. The summed E-state index contributed by atoms with van der Waals surface area (Å²) in [6, 6.07) is 5.22. The molecule has 4 nitrogen and oxygen atoms in total. The Balaban J connectivity index is 2.15. The lowest BCUT2D eigenvalue weighted by Gasteiger charge is -2.18. The molecule has 0 saturated carbocycles. The Morgan fingerprint density at radius 2 is 2.33 bits per heavy atom. The van der Waals surface area contributed by atoms with E-state index in [4.69, 9.17) is 5.73 Å². The monoisotopic (exact) mass is 312 g/mol. The van der Waals surface area contributed by atoms with Crippen LogP contribution in [0, 0.1) is 5.92 Å². The average Bonchev–Trinajstić information content (AvgIpc) is 2.81. The molecule has 1 aliphatic heterocycles. The van der Waals surface area contributed by atoms with Crippen LogP contribution in [0.1, 0.15) is 23.7 Å². The normalized spacial score (nSPS) is 21.1. The number of anilines is 1. The summed E-state index contributed by atoms with van der Waals surface area (Å²) in [4.78, 5) is 14.1. The lowest BCUT2D eigenvalue weighted by molar-refractivity contribution is 0.0761. The number of hydrogen-bond acceptors (Lipinski definition) is 3. The van der Waals surface area contributed by atoms with E-state index < -0.39 is 0 Å². The standard InChI is InChI=1S/C13H17BrN2O2/c1-8(17)9-4-5-16(7-9)13(18)11-6-10(15)2-3-12(11)14/h2-3,6,8-9,17H,4-5,7,15H2,1H3. The van der Waals surface area contributed by atoms with Crippen molar-refractivity contribution in [1.82, 2.24) is 4.90 Å². The van der Waals surface area contributed by atoms with Crippen LogP contribution in [0.5, 0.6) is 0 Å². The number of hydrogen-bond donors (Lipinski definition) is 2. The molecular formula is C13H17BrN2O2. The molecule has 0 aromatic heterocycles. The van der Waals surface area contributed by atoms with Gasteiger partial charge in [-0.05, 0) is 47.5 Å². The van der Waals surface area contributed by atoms with Crippen molar-refractivity contribution in [1.29, 1.82) is 0 Å². The van der Waals surface area contributed by atoms with Crippen molar-refractivity contribution in [3.8, 4) is 0 Å². The number of nitrogens with two attached hydrogens (primary N) is 1. The number of benzene rings is 1. The number of likely N-dealkylation sites (tertiary alicyclic amines) is 1. The molecule has 0 bridgehead atoms. The fourth-order valence-electron chi connectivity index (χ4n) is 2.24. The Morgan fingerprint density at radius 3 is 2.94 bits per heavy atom. The number of halogens is 1. The molecule has 2 unspecified atom stereocenters. The van der Waals surface area contributed by atoms with Gasteiger partial charge in [-0.15, -0.1) is 0 Å². The maximum atomic E-state index is 12.3. The Labute approximate surface area is 115 Å². The molecular weight excluding hydrogens is 296 g/mol. The van der Waals surface area contributed by atoms with Gasteiger partial charge in [-0.25, -0.2) is 0 Å². The Morgan fingerprint density at radius 1 is 1.61 bits per heavy atom. The second-order valence-electron chi connectivity index (χ2n) is 4.78. The van der Waals surface area contributed by atoms with Crippen LogP contribution in [0.2, 0.25) is 0 Å². The summed E-state index contributed by atoms with van der Waals surface area (Å²) >= 11 is 3.37. The van der Waals surface area contributed by atoms with E-state index in [1.54, 1.807) is 30.0 Å². The zero-order valence-electron chi connectivity index (χ0n) is 10.3. The molecule has 2 atom stereocenters. The molecule has 1 fully saturated rings. The van der Waals surface area contributed by atoms with E-state index in [1.807, 2.05) is 0 Å². The van der Waals surface area contributed by atoms with Gasteiger partial charge in [0.05, 0.1) is 11.7 Å². The highest BCUT2D eigenvalue weighted by Gasteiger charge is 2.30. The van der Waals surface area contributed by atoms with Gasteiger partial charge in [0.25, 0.3) is 5.91 Å².